The molecule has 1 heterocycles. The van der Waals surface area contributed by atoms with Gasteiger partial charge in [-0.15, -0.1) is 0 Å². The number of halogens is 2. The first-order valence-corrected chi connectivity index (χ1v) is 7.68. The van der Waals surface area contributed by atoms with Crippen molar-refractivity contribution in [3.05, 3.63) is 29.8 Å². The summed E-state index contributed by atoms with van der Waals surface area (Å²) in [6.07, 6.45) is 1.65. The van der Waals surface area contributed by atoms with E-state index in [0.717, 1.165) is 25.0 Å². The van der Waals surface area contributed by atoms with E-state index >= 15 is 0 Å². The lowest BCUT2D eigenvalue weighted by Gasteiger charge is -2.18. The second-order valence-corrected chi connectivity index (χ2v) is 5.84. The Labute approximate surface area is 133 Å². The maximum Gasteiger partial charge on any atom is 0.227 e. The molecule has 1 fully saturated rings. The molecule has 1 aliphatic heterocycles. The van der Waals surface area contributed by atoms with E-state index in [1.54, 1.807) is 0 Å². The molecule has 0 aromatic heterocycles. The lowest BCUT2D eigenvalue weighted by Crippen LogP contribution is -2.38. The maximum atomic E-state index is 13.3. The zero-order valence-electron chi connectivity index (χ0n) is 13.0. The summed E-state index contributed by atoms with van der Waals surface area (Å²) in [6, 6.07) is 3.26. The van der Waals surface area contributed by atoms with Crippen molar-refractivity contribution in [2.24, 2.45) is 11.7 Å². The quantitative estimate of drug-likeness (QED) is 0.833. The Bertz CT molecular complexity index is 595. The number of nitrogens with two attached hydrogens (primary N) is 1. The van der Waals surface area contributed by atoms with Gasteiger partial charge in [0.05, 0.1) is 5.92 Å². The van der Waals surface area contributed by atoms with Crippen molar-refractivity contribution in [2.75, 3.05) is 18.0 Å². The summed E-state index contributed by atoms with van der Waals surface area (Å²) < 4.78 is 26.3. The van der Waals surface area contributed by atoms with Gasteiger partial charge in [0.15, 0.2) is 11.6 Å². The Balaban J connectivity index is 1.98. The summed E-state index contributed by atoms with van der Waals surface area (Å²) in [7, 11) is 0. The summed E-state index contributed by atoms with van der Waals surface area (Å²) in [4.78, 5) is 25.6. The molecule has 1 aliphatic rings. The van der Waals surface area contributed by atoms with E-state index in [-0.39, 0.29) is 36.5 Å². The summed E-state index contributed by atoms with van der Waals surface area (Å²) in [5.74, 6) is -2.95. The fraction of sp³-hybridized carbons (Fsp3) is 0.500. The summed E-state index contributed by atoms with van der Waals surface area (Å²) in [5.41, 5.74) is 5.70. The van der Waals surface area contributed by atoms with Gasteiger partial charge in [0, 0.05) is 30.8 Å². The summed E-state index contributed by atoms with van der Waals surface area (Å²) in [5, 5.41) is 2.86. The van der Waals surface area contributed by atoms with Gasteiger partial charge in [-0.3, -0.25) is 9.59 Å². The van der Waals surface area contributed by atoms with Crippen LogP contribution in [-0.2, 0) is 9.59 Å². The Morgan fingerprint density at radius 2 is 2.17 bits per heavy atom. The molecule has 23 heavy (non-hydrogen) atoms. The van der Waals surface area contributed by atoms with Crippen LogP contribution in [0.4, 0.5) is 14.5 Å². The minimum atomic E-state index is -1.02. The van der Waals surface area contributed by atoms with Crippen LogP contribution in [0.3, 0.4) is 0 Å². The number of rotatable bonds is 6. The van der Waals surface area contributed by atoms with Gasteiger partial charge in [0.25, 0.3) is 0 Å². The second-order valence-electron chi connectivity index (χ2n) is 5.84. The number of amides is 2. The van der Waals surface area contributed by atoms with E-state index < -0.39 is 17.6 Å². The molecule has 3 N–H and O–H groups in total. The summed E-state index contributed by atoms with van der Waals surface area (Å²) >= 11 is 0. The van der Waals surface area contributed by atoms with E-state index in [4.69, 9.17) is 5.73 Å². The van der Waals surface area contributed by atoms with Gasteiger partial charge in [-0.25, -0.2) is 8.78 Å². The highest BCUT2D eigenvalue weighted by Crippen LogP contribution is 2.26. The molecule has 5 nitrogen and oxygen atoms in total. The first kappa shape index (κ1) is 17.3. The zero-order valence-corrected chi connectivity index (χ0v) is 13.0. The van der Waals surface area contributed by atoms with Gasteiger partial charge in [-0.1, -0.05) is 0 Å². The van der Waals surface area contributed by atoms with Crippen LogP contribution in [0, 0.1) is 17.6 Å². The first-order chi connectivity index (χ1) is 10.9. The third-order valence-electron chi connectivity index (χ3n) is 3.94. The highest BCUT2D eigenvalue weighted by molar-refractivity contribution is 6.00. The van der Waals surface area contributed by atoms with Crippen LogP contribution in [0.15, 0.2) is 18.2 Å². The number of benzene rings is 1. The monoisotopic (exact) mass is 325 g/mol. The molecule has 1 aromatic rings. The van der Waals surface area contributed by atoms with E-state index in [0.29, 0.717) is 6.54 Å². The molecule has 1 aromatic carbocycles. The molecule has 0 radical (unpaired) electrons. The lowest BCUT2D eigenvalue weighted by molar-refractivity contribution is -0.126. The molecule has 126 valence electrons. The average Bonchev–Trinajstić information content (AvgIpc) is 2.90. The van der Waals surface area contributed by atoms with Crippen molar-refractivity contribution in [3.8, 4) is 0 Å². The van der Waals surface area contributed by atoms with Crippen molar-refractivity contribution in [3.63, 3.8) is 0 Å². The highest BCUT2D eigenvalue weighted by atomic mass is 19.2. The van der Waals surface area contributed by atoms with Crippen LogP contribution in [-0.4, -0.2) is 30.9 Å². The molecule has 0 aliphatic carbocycles. The molecule has 1 saturated heterocycles. The van der Waals surface area contributed by atoms with Gasteiger partial charge in [-0.2, -0.15) is 0 Å². The zero-order chi connectivity index (χ0) is 17.0. The predicted octanol–water partition coefficient (Wildman–Crippen LogP) is 1.56. The smallest absolute Gasteiger partial charge is 0.227 e. The molecule has 0 bridgehead atoms. The van der Waals surface area contributed by atoms with Gasteiger partial charge in [-0.05, 0) is 38.4 Å². The van der Waals surface area contributed by atoms with Crippen LogP contribution in [0.2, 0.25) is 0 Å². The van der Waals surface area contributed by atoms with Crippen LogP contribution in [0.1, 0.15) is 26.2 Å². The maximum absolute atomic E-state index is 13.3. The molecule has 2 unspecified atom stereocenters. The van der Waals surface area contributed by atoms with Gasteiger partial charge < -0.3 is 16.0 Å². The van der Waals surface area contributed by atoms with E-state index in [1.807, 2.05) is 6.92 Å². The molecule has 2 rings (SSSR count). The second kappa shape index (κ2) is 7.50. The third-order valence-corrected chi connectivity index (χ3v) is 3.94. The number of nitrogens with zero attached hydrogens (tertiary/aromatic N) is 1. The topological polar surface area (TPSA) is 75.4 Å². The molecule has 7 heteroatoms. The lowest BCUT2D eigenvalue weighted by atomic mass is 10.1. The Kier molecular flexibility index (Phi) is 5.65. The normalized spacial score (nSPS) is 19.0. The fourth-order valence-corrected chi connectivity index (χ4v) is 2.64. The van der Waals surface area contributed by atoms with E-state index in [9.17, 15) is 18.4 Å². The minimum Gasteiger partial charge on any atom is -0.353 e. The average molecular weight is 325 g/mol. The van der Waals surface area contributed by atoms with Crippen LogP contribution < -0.4 is 16.0 Å². The number of hydrogen-bond donors (Lipinski definition) is 2. The van der Waals surface area contributed by atoms with Gasteiger partial charge in [0.2, 0.25) is 11.8 Å². The molecule has 2 amide bonds. The Hall–Kier alpha value is -2.02. The molecular weight excluding hydrogens is 304 g/mol. The highest BCUT2D eigenvalue weighted by Gasteiger charge is 2.35. The van der Waals surface area contributed by atoms with Crippen molar-refractivity contribution >= 4 is 17.5 Å². The standard InChI is InChI=1S/C16H21F2N3O2/c1-10(3-2-6-19)20-16(23)11-7-15(22)21(9-11)12-4-5-13(17)14(18)8-12/h4-5,8,10-11H,2-3,6-7,9,19H2,1H3,(H,20,23). The Morgan fingerprint density at radius 1 is 1.43 bits per heavy atom. The van der Waals surface area contributed by atoms with Crippen molar-refractivity contribution in [2.45, 2.75) is 32.2 Å². The minimum absolute atomic E-state index is 0.0153. The van der Waals surface area contributed by atoms with Gasteiger partial charge >= 0.3 is 0 Å². The number of hydrogen-bond acceptors (Lipinski definition) is 3. The van der Waals surface area contributed by atoms with Crippen LogP contribution in [0.25, 0.3) is 0 Å². The molecule has 2 atom stereocenters. The van der Waals surface area contributed by atoms with Gasteiger partial charge in [0.1, 0.15) is 0 Å². The van der Waals surface area contributed by atoms with E-state index in [2.05, 4.69) is 5.32 Å². The molecular formula is C16H21F2N3O2. The third kappa shape index (κ3) is 4.25. The van der Waals surface area contributed by atoms with Crippen molar-refractivity contribution in [1.29, 1.82) is 0 Å². The van der Waals surface area contributed by atoms with Crippen molar-refractivity contribution in [1.82, 2.24) is 5.32 Å². The molecule has 0 spiro atoms. The fourth-order valence-electron chi connectivity index (χ4n) is 2.64. The van der Waals surface area contributed by atoms with E-state index in [1.165, 1.54) is 11.0 Å². The summed E-state index contributed by atoms with van der Waals surface area (Å²) in [6.45, 7) is 2.61. The molecule has 0 saturated carbocycles. The van der Waals surface area contributed by atoms with Crippen LogP contribution >= 0.6 is 0 Å². The SMILES string of the molecule is CC(CCCN)NC(=O)C1CC(=O)N(c2ccc(F)c(F)c2)C1. The predicted molar refractivity (Wildman–Crippen MR) is 82.7 cm³/mol. The first-order valence-electron chi connectivity index (χ1n) is 7.68. The van der Waals surface area contributed by atoms with Crippen LogP contribution in [0.5, 0.6) is 0 Å². The number of anilines is 1. The number of nitrogens with one attached hydrogen (secondary N) is 1. The Morgan fingerprint density at radius 3 is 2.83 bits per heavy atom. The number of carbonyl (C=O) groups excluding carboxylic acids is 2. The number of carbonyl (C=O) groups is 2. The van der Waals surface area contributed by atoms with Crippen molar-refractivity contribution < 1.29 is 18.4 Å². The largest absolute Gasteiger partial charge is 0.353 e.